The molecule has 0 radical (unpaired) electrons. The van der Waals surface area contributed by atoms with Crippen LogP contribution in [0.3, 0.4) is 0 Å². The molecule has 0 spiro atoms. The molecule has 0 saturated heterocycles. The van der Waals surface area contributed by atoms with Gasteiger partial charge in [0, 0.05) is 7.05 Å². The number of rotatable bonds is 4. The molecule has 0 fully saturated rings. The van der Waals surface area contributed by atoms with Crippen LogP contribution in [-0.4, -0.2) is 34.2 Å². The zero-order valence-corrected chi connectivity index (χ0v) is 10.4. The van der Waals surface area contributed by atoms with Crippen LogP contribution in [0.4, 0.5) is 5.95 Å². The van der Waals surface area contributed by atoms with Gasteiger partial charge in [-0.1, -0.05) is 0 Å². The number of aromatic nitrogens is 3. The van der Waals surface area contributed by atoms with E-state index in [4.69, 9.17) is 9.47 Å². The van der Waals surface area contributed by atoms with Crippen molar-refractivity contribution in [2.45, 2.75) is 33.3 Å². The SMILES string of the molecule is CCOc1nc(NC)nc(OC(C)(C)C)n1. The van der Waals surface area contributed by atoms with Gasteiger partial charge in [-0.05, 0) is 27.7 Å². The molecule has 0 aliphatic carbocycles. The van der Waals surface area contributed by atoms with E-state index in [0.717, 1.165) is 0 Å². The molecule has 0 aromatic carbocycles. The van der Waals surface area contributed by atoms with E-state index < -0.39 is 0 Å². The third-order valence-corrected chi connectivity index (χ3v) is 1.49. The maximum Gasteiger partial charge on any atom is 0.324 e. The fourth-order valence-electron chi connectivity index (χ4n) is 0.963. The molecule has 1 aromatic rings. The highest BCUT2D eigenvalue weighted by Gasteiger charge is 2.16. The lowest BCUT2D eigenvalue weighted by molar-refractivity contribution is 0.114. The Hall–Kier alpha value is -1.59. The standard InChI is InChI=1S/C10H18N4O2/c1-6-15-8-12-7(11-5)13-9(14-8)16-10(2,3)4/h6H2,1-5H3,(H,11,12,13,14). The van der Waals surface area contributed by atoms with Gasteiger partial charge in [-0.15, -0.1) is 4.98 Å². The summed E-state index contributed by atoms with van der Waals surface area (Å²) in [5.41, 5.74) is -0.351. The number of ether oxygens (including phenoxy) is 2. The monoisotopic (exact) mass is 226 g/mol. The fraction of sp³-hybridized carbons (Fsp3) is 0.700. The van der Waals surface area contributed by atoms with Crippen molar-refractivity contribution in [3.05, 3.63) is 0 Å². The zero-order valence-electron chi connectivity index (χ0n) is 10.4. The van der Waals surface area contributed by atoms with Gasteiger partial charge in [0.2, 0.25) is 5.95 Å². The maximum atomic E-state index is 5.55. The lowest BCUT2D eigenvalue weighted by Crippen LogP contribution is -2.24. The summed E-state index contributed by atoms with van der Waals surface area (Å²) in [5.74, 6) is 0.428. The van der Waals surface area contributed by atoms with Crippen LogP contribution in [0.5, 0.6) is 12.0 Å². The van der Waals surface area contributed by atoms with Crippen LogP contribution in [0.1, 0.15) is 27.7 Å². The molecule has 1 rings (SSSR count). The quantitative estimate of drug-likeness (QED) is 0.838. The molecule has 0 bridgehead atoms. The Kier molecular flexibility index (Phi) is 3.87. The van der Waals surface area contributed by atoms with Crippen molar-refractivity contribution in [1.29, 1.82) is 0 Å². The normalized spacial score (nSPS) is 11.1. The number of nitrogens with one attached hydrogen (secondary N) is 1. The van der Waals surface area contributed by atoms with Crippen molar-refractivity contribution in [2.24, 2.45) is 0 Å². The topological polar surface area (TPSA) is 69.2 Å². The lowest BCUT2D eigenvalue weighted by Gasteiger charge is -2.19. The predicted molar refractivity (Wildman–Crippen MR) is 60.9 cm³/mol. The summed E-state index contributed by atoms with van der Waals surface area (Å²) in [7, 11) is 1.73. The number of hydrogen-bond acceptors (Lipinski definition) is 6. The van der Waals surface area contributed by atoms with Crippen molar-refractivity contribution in [3.8, 4) is 12.0 Å². The maximum absolute atomic E-state index is 5.55. The van der Waals surface area contributed by atoms with Crippen LogP contribution in [0.2, 0.25) is 0 Å². The highest BCUT2D eigenvalue weighted by atomic mass is 16.5. The molecule has 0 atom stereocenters. The minimum Gasteiger partial charge on any atom is -0.464 e. The smallest absolute Gasteiger partial charge is 0.324 e. The van der Waals surface area contributed by atoms with Crippen LogP contribution in [-0.2, 0) is 0 Å². The van der Waals surface area contributed by atoms with E-state index in [0.29, 0.717) is 12.6 Å². The van der Waals surface area contributed by atoms with Crippen LogP contribution < -0.4 is 14.8 Å². The van der Waals surface area contributed by atoms with E-state index >= 15 is 0 Å². The first-order valence-electron chi connectivity index (χ1n) is 5.20. The molecule has 1 N–H and O–H groups in total. The first-order valence-corrected chi connectivity index (χ1v) is 5.20. The second-order valence-electron chi connectivity index (χ2n) is 4.12. The van der Waals surface area contributed by atoms with Gasteiger partial charge in [-0.25, -0.2) is 0 Å². The number of anilines is 1. The third-order valence-electron chi connectivity index (χ3n) is 1.49. The van der Waals surface area contributed by atoms with Gasteiger partial charge >= 0.3 is 12.0 Å². The van der Waals surface area contributed by atoms with Gasteiger partial charge < -0.3 is 14.8 Å². The summed E-state index contributed by atoms with van der Waals surface area (Å²) < 4.78 is 10.8. The second-order valence-corrected chi connectivity index (χ2v) is 4.12. The Morgan fingerprint density at radius 2 is 1.75 bits per heavy atom. The summed E-state index contributed by atoms with van der Waals surface area (Å²) in [6, 6.07) is 0.524. The highest BCUT2D eigenvalue weighted by Crippen LogP contribution is 2.17. The number of hydrogen-bond donors (Lipinski definition) is 1. The van der Waals surface area contributed by atoms with Gasteiger partial charge in [0.25, 0.3) is 0 Å². The Labute approximate surface area is 95.4 Å². The molecule has 6 heteroatoms. The molecule has 90 valence electrons. The van der Waals surface area contributed by atoms with E-state index in [1.807, 2.05) is 27.7 Å². The molecule has 16 heavy (non-hydrogen) atoms. The molecule has 0 saturated carbocycles. The van der Waals surface area contributed by atoms with Crippen LogP contribution >= 0.6 is 0 Å². The summed E-state index contributed by atoms with van der Waals surface area (Å²) in [6.07, 6.45) is 0. The van der Waals surface area contributed by atoms with Gasteiger partial charge in [0.1, 0.15) is 5.60 Å². The second kappa shape index (κ2) is 4.96. The van der Waals surface area contributed by atoms with E-state index in [2.05, 4.69) is 20.3 Å². The Balaban J connectivity index is 2.95. The van der Waals surface area contributed by atoms with Gasteiger partial charge in [0.05, 0.1) is 6.61 Å². The average Bonchev–Trinajstić information content (AvgIpc) is 2.15. The van der Waals surface area contributed by atoms with Crippen molar-refractivity contribution in [3.63, 3.8) is 0 Å². The van der Waals surface area contributed by atoms with E-state index in [1.165, 1.54) is 0 Å². The molecule has 0 unspecified atom stereocenters. The Morgan fingerprint density at radius 3 is 2.25 bits per heavy atom. The molecule has 1 aromatic heterocycles. The lowest BCUT2D eigenvalue weighted by atomic mass is 10.2. The first-order chi connectivity index (χ1) is 7.44. The molecule has 0 aliphatic heterocycles. The Bertz CT molecular complexity index is 349. The molecule has 0 amide bonds. The van der Waals surface area contributed by atoms with Crippen molar-refractivity contribution < 1.29 is 9.47 Å². The molecular formula is C10H18N4O2. The van der Waals surface area contributed by atoms with E-state index in [1.54, 1.807) is 7.05 Å². The van der Waals surface area contributed by atoms with Crippen LogP contribution in [0.25, 0.3) is 0 Å². The van der Waals surface area contributed by atoms with Crippen molar-refractivity contribution in [1.82, 2.24) is 15.0 Å². The highest BCUT2D eigenvalue weighted by molar-refractivity contribution is 5.26. The molecule has 1 heterocycles. The van der Waals surface area contributed by atoms with Crippen LogP contribution in [0.15, 0.2) is 0 Å². The molecule has 6 nitrogen and oxygen atoms in total. The van der Waals surface area contributed by atoms with Gasteiger partial charge in [0.15, 0.2) is 0 Å². The van der Waals surface area contributed by atoms with E-state index in [-0.39, 0.29) is 17.6 Å². The summed E-state index contributed by atoms with van der Waals surface area (Å²) in [6.45, 7) is 8.15. The predicted octanol–water partition coefficient (Wildman–Crippen LogP) is 1.49. The summed E-state index contributed by atoms with van der Waals surface area (Å²) in [5, 5.41) is 2.83. The van der Waals surface area contributed by atoms with Gasteiger partial charge in [-0.2, -0.15) is 9.97 Å². The first kappa shape index (κ1) is 12.5. The minimum absolute atomic E-state index is 0.260. The third kappa shape index (κ3) is 3.88. The zero-order chi connectivity index (χ0) is 12.2. The summed E-state index contributed by atoms with van der Waals surface area (Å²) >= 11 is 0. The fourth-order valence-corrected chi connectivity index (χ4v) is 0.963. The van der Waals surface area contributed by atoms with E-state index in [9.17, 15) is 0 Å². The van der Waals surface area contributed by atoms with Crippen molar-refractivity contribution >= 4 is 5.95 Å². The van der Waals surface area contributed by atoms with Crippen LogP contribution in [0, 0.1) is 0 Å². The van der Waals surface area contributed by atoms with Crippen molar-refractivity contribution in [2.75, 3.05) is 19.0 Å². The molecular weight excluding hydrogens is 208 g/mol. The number of nitrogens with zero attached hydrogens (tertiary/aromatic N) is 3. The molecule has 0 aliphatic rings. The van der Waals surface area contributed by atoms with Gasteiger partial charge in [-0.3, -0.25) is 0 Å². The summed E-state index contributed by atoms with van der Waals surface area (Å²) in [4.78, 5) is 12.2. The largest absolute Gasteiger partial charge is 0.464 e. The minimum atomic E-state index is -0.351. The average molecular weight is 226 g/mol. The Morgan fingerprint density at radius 1 is 1.12 bits per heavy atom.